The number of benzene rings is 1. The van der Waals surface area contributed by atoms with Crippen LogP contribution in [0.5, 0.6) is 0 Å². The van der Waals surface area contributed by atoms with E-state index in [0.717, 1.165) is 16.8 Å². The highest BCUT2D eigenvalue weighted by Crippen LogP contribution is 2.19. The van der Waals surface area contributed by atoms with E-state index in [0.29, 0.717) is 32.8 Å². The predicted molar refractivity (Wildman–Crippen MR) is 70.5 cm³/mol. The number of morpholine rings is 1. The molecule has 1 aliphatic rings. The molecule has 0 atom stereocenters. The lowest BCUT2D eigenvalue weighted by Crippen LogP contribution is -2.43. The monoisotopic (exact) mass is 249 g/mol. The molecule has 5 nitrogen and oxygen atoms in total. The van der Waals surface area contributed by atoms with Gasteiger partial charge in [0.25, 0.3) is 0 Å². The summed E-state index contributed by atoms with van der Waals surface area (Å²) >= 11 is 0. The van der Waals surface area contributed by atoms with Crippen molar-refractivity contribution in [2.24, 2.45) is 5.73 Å². The van der Waals surface area contributed by atoms with Gasteiger partial charge in [0.15, 0.2) is 0 Å². The SMILES string of the molecule is Cc1cccc(NC(=O)N2CCOCC2)c1CN. The minimum atomic E-state index is -0.0846. The number of urea groups is 1. The molecule has 0 aliphatic carbocycles. The molecule has 0 aromatic heterocycles. The van der Waals surface area contributed by atoms with Gasteiger partial charge in [-0.1, -0.05) is 12.1 Å². The molecule has 0 unspecified atom stereocenters. The van der Waals surface area contributed by atoms with Crippen LogP contribution in [-0.2, 0) is 11.3 Å². The van der Waals surface area contributed by atoms with Crippen molar-refractivity contribution in [2.75, 3.05) is 31.6 Å². The maximum absolute atomic E-state index is 12.1. The number of nitrogens with zero attached hydrogens (tertiary/aromatic N) is 1. The topological polar surface area (TPSA) is 67.6 Å². The van der Waals surface area contributed by atoms with Crippen molar-refractivity contribution in [3.05, 3.63) is 29.3 Å². The van der Waals surface area contributed by atoms with Crippen molar-refractivity contribution in [1.29, 1.82) is 0 Å². The van der Waals surface area contributed by atoms with E-state index < -0.39 is 0 Å². The average molecular weight is 249 g/mol. The summed E-state index contributed by atoms with van der Waals surface area (Å²) in [5.74, 6) is 0. The number of carbonyl (C=O) groups excluding carboxylic acids is 1. The summed E-state index contributed by atoms with van der Waals surface area (Å²) in [6.07, 6.45) is 0. The van der Waals surface area contributed by atoms with Gasteiger partial charge in [0.05, 0.1) is 13.2 Å². The van der Waals surface area contributed by atoms with Gasteiger partial charge in [-0.05, 0) is 24.1 Å². The lowest BCUT2D eigenvalue weighted by Gasteiger charge is -2.27. The molecule has 1 saturated heterocycles. The third kappa shape index (κ3) is 2.80. The summed E-state index contributed by atoms with van der Waals surface area (Å²) in [4.78, 5) is 13.8. The van der Waals surface area contributed by atoms with Crippen LogP contribution in [-0.4, -0.2) is 37.2 Å². The Labute approximate surface area is 107 Å². The molecule has 2 rings (SSSR count). The van der Waals surface area contributed by atoms with Crippen molar-refractivity contribution in [2.45, 2.75) is 13.5 Å². The van der Waals surface area contributed by atoms with E-state index in [2.05, 4.69) is 5.32 Å². The highest BCUT2D eigenvalue weighted by Gasteiger charge is 2.17. The molecule has 3 N–H and O–H groups in total. The Kier molecular flexibility index (Phi) is 4.17. The van der Waals surface area contributed by atoms with Crippen LogP contribution < -0.4 is 11.1 Å². The average Bonchev–Trinajstić information content (AvgIpc) is 2.40. The van der Waals surface area contributed by atoms with Crippen LogP contribution in [0.4, 0.5) is 10.5 Å². The predicted octanol–water partition coefficient (Wildman–Crippen LogP) is 1.32. The smallest absolute Gasteiger partial charge is 0.322 e. The first kappa shape index (κ1) is 12.9. The maximum Gasteiger partial charge on any atom is 0.322 e. The second-order valence-electron chi connectivity index (χ2n) is 4.33. The zero-order valence-corrected chi connectivity index (χ0v) is 10.6. The molecule has 1 heterocycles. The van der Waals surface area contributed by atoms with Gasteiger partial charge < -0.3 is 20.7 Å². The molecule has 5 heteroatoms. The molecule has 0 bridgehead atoms. The van der Waals surface area contributed by atoms with E-state index >= 15 is 0 Å². The first-order chi connectivity index (χ1) is 8.72. The van der Waals surface area contributed by atoms with Crippen molar-refractivity contribution in [3.63, 3.8) is 0 Å². The second-order valence-corrected chi connectivity index (χ2v) is 4.33. The molecule has 1 aliphatic heterocycles. The highest BCUT2D eigenvalue weighted by molar-refractivity contribution is 5.90. The molecule has 0 radical (unpaired) electrons. The van der Waals surface area contributed by atoms with Gasteiger partial charge in [0.2, 0.25) is 0 Å². The number of ether oxygens (including phenoxy) is 1. The van der Waals surface area contributed by atoms with Crippen molar-refractivity contribution in [3.8, 4) is 0 Å². The number of rotatable bonds is 2. The molecule has 1 aromatic carbocycles. The van der Waals surface area contributed by atoms with Gasteiger partial charge in [-0.2, -0.15) is 0 Å². The fourth-order valence-electron chi connectivity index (χ4n) is 2.05. The third-order valence-electron chi connectivity index (χ3n) is 3.15. The van der Waals surface area contributed by atoms with Crippen molar-refractivity contribution in [1.82, 2.24) is 4.90 Å². The Morgan fingerprint density at radius 3 is 2.83 bits per heavy atom. The number of nitrogens with two attached hydrogens (primary N) is 1. The molecular formula is C13H19N3O2. The lowest BCUT2D eigenvalue weighted by atomic mass is 10.1. The minimum absolute atomic E-state index is 0.0846. The second kappa shape index (κ2) is 5.84. The van der Waals surface area contributed by atoms with E-state index in [-0.39, 0.29) is 6.03 Å². The molecule has 2 amide bonds. The Bertz CT molecular complexity index is 428. The zero-order valence-electron chi connectivity index (χ0n) is 10.6. The van der Waals surface area contributed by atoms with Crippen molar-refractivity contribution < 1.29 is 9.53 Å². The van der Waals surface area contributed by atoms with E-state index in [1.54, 1.807) is 4.90 Å². The Balaban J connectivity index is 2.08. The number of nitrogens with one attached hydrogen (secondary N) is 1. The summed E-state index contributed by atoms with van der Waals surface area (Å²) in [7, 11) is 0. The van der Waals surface area contributed by atoms with Gasteiger partial charge in [-0.25, -0.2) is 4.79 Å². The van der Waals surface area contributed by atoms with Crippen LogP contribution in [0.25, 0.3) is 0 Å². The Morgan fingerprint density at radius 2 is 2.17 bits per heavy atom. The standard InChI is InChI=1S/C13H19N3O2/c1-10-3-2-4-12(11(10)9-14)15-13(17)16-5-7-18-8-6-16/h2-4H,5-9,14H2,1H3,(H,15,17). The molecular weight excluding hydrogens is 230 g/mol. The Hall–Kier alpha value is -1.59. The number of hydrogen-bond acceptors (Lipinski definition) is 3. The van der Waals surface area contributed by atoms with Gasteiger partial charge in [0, 0.05) is 25.3 Å². The fraction of sp³-hybridized carbons (Fsp3) is 0.462. The first-order valence-electron chi connectivity index (χ1n) is 6.14. The minimum Gasteiger partial charge on any atom is -0.378 e. The van der Waals surface area contributed by atoms with E-state index in [9.17, 15) is 4.79 Å². The number of amides is 2. The largest absolute Gasteiger partial charge is 0.378 e. The fourth-order valence-corrected chi connectivity index (χ4v) is 2.05. The van der Waals surface area contributed by atoms with E-state index in [1.807, 2.05) is 25.1 Å². The number of hydrogen-bond donors (Lipinski definition) is 2. The van der Waals surface area contributed by atoms with Crippen LogP contribution in [0, 0.1) is 6.92 Å². The number of carbonyl (C=O) groups is 1. The van der Waals surface area contributed by atoms with Crippen LogP contribution in [0.15, 0.2) is 18.2 Å². The van der Waals surface area contributed by atoms with Crippen LogP contribution >= 0.6 is 0 Å². The molecule has 0 spiro atoms. The molecule has 1 aromatic rings. The zero-order chi connectivity index (χ0) is 13.0. The highest BCUT2D eigenvalue weighted by atomic mass is 16.5. The summed E-state index contributed by atoms with van der Waals surface area (Å²) in [6, 6.07) is 5.71. The van der Waals surface area contributed by atoms with Gasteiger partial charge in [-0.3, -0.25) is 0 Å². The third-order valence-corrected chi connectivity index (χ3v) is 3.15. The lowest BCUT2D eigenvalue weighted by molar-refractivity contribution is 0.0564. The summed E-state index contributed by atoms with van der Waals surface area (Å²) < 4.78 is 5.22. The quantitative estimate of drug-likeness (QED) is 0.830. The van der Waals surface area contributed by atoms with Gasteiger partial charge in [-0.15, -0.1) is 0 Å². The van der Waals surface area contributed by atoms with Crippen molar-refractivity contribution >= 4 is 11.7 Å². The van der Waals surface area contributed by atoms with Gasteiger partial charge in [0.1, 0.15) is 0 Å². The Morgan fingerprint density at radius 1 is 1.44 bits per heavy atom. The van der Waals surface area contributed by atoms with E-state index in [4.69, 9.17) is 10.5 Å². The summed E-state index contributed by atoms with van der Waals surface area (Å²) in [5, 5.41) is 2.92. The first-order valence-corrected chi connectivity index (χ1v) is 6.14. The normalized spacial score (nSPS) is 15.6. The maximum atomic E-state index is 12.1. The summed E-state index contributed by atoms with van der Waals surface area (Å²) in [6.45, 7) is 4.89. The van der Waals surface area contributed by atoms with Crippen LogP contribution in [0.3, 0.4) is 0 Å². The molecule has 98 valence electrons. The van der Waals surface area contributed by atoms with Gasteiger partial charge >= 0.3 is 6.03 Å². The molecule has 0 saturated carbocycles. The molecule has 18 heavy (non-hydrogen) atoms. The summed E-state index contributed by atoms with van der Waals surface area (Å²) in [5.41, 5.74) is 8.60. The van der Waals surface area contributed by atoms with Crippen LogP contribution in [0.2, 0.25) is 0 Å². The number of anilines is 1. The molecule has 1 fully saturated rings. The van der Waals surface area contributed by atoms with E-state index in [1.165, 1.54) is 0 Å². The number of aryl methyl sites for hydroxylation is 1. The van der Waals surface area contributed by atoms with Crippen LogP contribution in [0.1, 0.15) is 11.1 Å².